The first kappa shape index (κ1) is 8.89. The maximum Gasteiger partial charge on any atom is 0.252 e. The van der Waals surface area contributed by atoms with Gasteiger partial charge in [-0.05, 0) is 12.2 Å². The van der Waals surface area contributed by atoms with E-state index in [1.165, 1.54) is 6.07 Å². The molecule has 5 nitrogen and oxygen atoms in total. The molecule has 14 heavy (non-hydrogen) atoms. The van der Waals surface area contributed by atoms with Crippen LogP contribution in [0.2, 0.25) is 0 Å². The topological polar surface area (TPSA) is 66.5 Å². The van der Waals surface area contributed by atoms with Crippen molar-refractivity contribution in [1.29, 1.82) is 0 Å². The summed E-state index contributed by atoms with van der Waals surface area (Å²) in [6.45, 7) is 0. The molecule has 2 aromatic heterocycles. The van der Waals surface area contributed by atoms with Gasteiger partial charge in [0.15, 0.2) is 4.77 Å². The van der Waals surface area contributed by atoms with Crippen LogP contribution in [0, 0.1) is 4.77 Å². The number of hydrogen-bond acceptors (Lipinski definition) is 3. The van der Waals surface area contributed by atoms with Gasteiger partial charge < -0.3 is 4.98 Å². The van der Waals surface area contributed by atoms with Crippen molar-refractivity contribution in [3.8, 4) is 11.3 Å². The minimum Gasteiger partial charge on any atom is -0.332 e. The van der Waals surface area contributed by atoms with Gasteiger partial charge in [0.1, 0.15) is 0 Å². The molecular weight excluding hydrogens is 200 g/mol. The normalized spacial score (nSPS) is 10.4. The van der Waals surface area contributed by atoms with Crippen molar-refractivity contribution < 1.29 is 0 Å². The summed E-state index contributed by atoms with van der Waals surface area (Å²) in [5, 5.41) is 4.00. The Morgan fingerprint density at radius 3 is 2.86 bits per heavy atom. The lowest BCUT2D eigenvalue weighted by Gasteiger charge is -1.95. The molecule has 6 heteroatoms. The molecule has 0 spiro atoms. The van der Waals surface area contributed by atoms with Crippen molar-refractivity contribution in [3.05, 3.63) is 33.6 Å². The Labute approximate surface area is 84.4 Å². The summed E-state index contributed by atoms with van der Waals surface area (Å²) in [5.41, 5.74) is 1.30. The maximum absolute atomic E-state index is 11.1. The molecule has 2 N–H and O–H groups in total. The van der Waals surface area contributed by atoms with Crippen molar-refractivity contribution in [2.24, 2.45) is 7.05 Å². The molecule has 2 aromatic rings. The minimum absolute atomic E-state index is 0.215. The van der Waals surface area contributed by atoms with E-state index in [1.54, 1.807) is 17.1 Å². The summed E-state index contributed by atoms with van der Waals surface area (Å²) < 4.78 is 1.98. The second-order valence-corrected chi connectivity index (χ2v) is 3.31. The van der Waals surface area contributed by atoms with Gasteiger partial charge in [-0.15, -0.1) is 0 Å². The smallest absolute Gasteiger partial charge is 0.252 e. The average molecular weight is 208 g/mol. The lowest BCUT2D eigenvalue weighted by Crippen LogP contribution is -2.05. The molecule has 0 fully saturated rings. The number of aryl methyl sites for hydroxylation is 1. The molecule has 2 heterocycles. The predicted molar refractivity (Wildman–Crippen MR) is 54.4 cm³/mol. The molecule has 0 amide bonds. The molecule has 2 rings (SSSR count). The zero-order valence-electron chi connectivity index (χ0n) is 7.44. The van der Waals surface area contributed by atoms with Crippen LogP contribution in [-0.2, 0) is 7.05 Å². The number of rotatable bonds is 1. The Kier molecular flexibility index (Phi) is 2.05. The van der Waals surface area contributed by atoms with Gasteiger partial charge in [0, 0.05) is 24.9 Å². The second-order valence-electron chi connectivity index (χ2n) is 2.90. The van der Waals surface area contributed by atoms with Crippen molar-refractivity contribution in [1.82, 2.24) is 19.7 Å². The third-order valence-electron chi connectivity index (χ3n) is 1.78. The Balaban J connectivity index is 2.62. The van der Waals surface area contributed by atoms with E-state index in [1.807, 2.05) is 7.05 Å². The number of aromatic nitrogens is 4. The number of aromatic amines is 2. The van der Waals surface area contributed by atoms with Gasteiger partial charge in [0.25, 0.3) is 5.56 Å². The molecule has 0 unspecified atom stereocenters. The van der Waals surface area contributed by atoms with E-state index in [0.29, 0.717) is 10.5 Å². The molecule has 0 atom stereocenters. The van der Waals surface area contributed by atoms with Crippen molar-refractivity contribution >= 4 is 12.2 Å². The highest BCUT2D eigenvalue weighted by Gasteiger charge is 2.01. The van der Waals surface area contributed by atoms with Gasteiger partial charge in [0.05, 0.1) is 11.9 Å². The van der Waals surface area contributed by atoms with E-state index in [9.17, 15) is 4.79 Å². The van der Waals surface area contributed by atoms with E-state index in [2.05, 4.69) is 15.1 Å². The first-order valence-electron chi connectivity index (χ1n) is 3.98. The molecule has 0 aliphatic rings. The lowest BCUT2D eigenvalue weighted by atomic mass is 10.2. The zero-order chi connectivity index (χ0) is 10.1. The maximum atomic E-state index is 11.1. The molecular formula is C8H8N4OS. The van der Waals surface area contributed by atoms with Crippen LogP contribution >= 0.6 is 12.2 Å². The van der Waals surface area contributed by atoms with Crippen molar-refractivity contribution in [2.75, 3.05) is 0 Å². The Morgan fingerprint density at radius 2 is 2.29 bits per heavy atom. The monoisotopic (exact) mass is 208 g/mol. The molecule has 0 radical (unpaired) electrons. The standard InChI is InChI=1S/C8H8N4OS/c1-12-4-5(3-9-12)6-2-7(13)11-8(14)10-6/h2-4H,1H3,(H2,10,11,13,14). The average Bonchev–Trinajstić information content (AvgIpc) is 2.50. The van der Waals surface area contributed by atoms with E-state index >= 15 is 0 Å². The molecule has 0 aliphatic heterocycles. The Hall–Kier alpha value is -1.69. The summed E-state index contributed by atoms with van der Waals surface area (Å²) in [5.74, 6) is 0. The molecule has 0 saturated heterocycles. The predicted octanol–water partition coefficient (Wildman–Crippen LogP) is 0.833. The molecule has 0 aliphatic carbocycles. The van der Waals surface area contributed by atoms with Gasteiger partial charge >= 0.3 is 0 Å². The van der Waals surface area contributed by atoms with Gasteiger partial charge in [-0.3, -0.25) is 14.5 Å². The quantitative estimate of drug-likeness (QED) is 0.682. The SMILES string of the molecule is Cn1cc(-c2cc(=O)[nH]c(=S)[nH]2)cn1. The van der Waals surface area contributed by atoms with Crippen LogP contribution in [-0.4, -0.2) is 19.7 Å². The largest absolute Gasteiger partial charge is 0.332 e. The molecule has 72 valence electrons. The van der Waals surface area contributed by atoms with Crippen LogP contribution in [0.3, 0.4) is 0 Å². The first-order chi connectivity index (χ1) is 6.65. The fourth-order valence-corrected chi connectivity index (χ4v) is 1.40. The van der Waals surface area contributed by atoms with Gasteiger partial charge in [-0.2, -0.15) is 5.10 Å². The van der Waals surface area contributed by atoms with Crippen LogP contribution in [0.15, 0.2) is 23.3 Å². The fourth-order valence-electron chi connectivity index (χ4n) is 1.18. The van der Waals surface area contributed by atoms with Crippen LogP contribution in [0.5, 0.6) is 0 Å². The number of nitrogens with one attached hydrogen (secondary N) is 2. The van der Waals surface area contributed by atoms with Crippen LogP contribution in [0.4, 0.5) is 0 Å². The first-order valence-corrected chi connectivity index (χ1v) is 4.38. The fraction of sp³-hybridized carbons (Fsp3) is 0.125. The van der Waals surface area contributed by atoms with Gasteiger partial charge in [-0.25, -0.2) is 0 Å². The third kappa shape index (κ3) is 1.64. The molecule has 0 saturated carbocycles. The lowest BCUT2D eigenvalue weighted by molar-refractivity contribution is 0.768. The summed E-state index contributed by atoms with van der Waals surface area (Å²) >= 11 is 4.86. The van der Waals surface area contributed by atoms with Gasteiger partial charge in [-0.1, -0.05) is 0 Å². The summed E-state index contributed by atoms with van der Waals surface area (Å²) in [4.78, 5) is 16.5. The van der Waals surface area contributed by atoms with Crippen molar-refractivity contribution in [3.63, 3.8) is 0 Å². The number of hydrogen-bond donors (Lipinski definition) is 2. The second kappa shape index (κ2) is 3.22. The summed E-state index contributed by atoms with van der Waals surface area (Å²) in [6.07, 6.45) is 3.47. The Bertz CT molecular complexity index is 537. The van der Waals surface area contributed by atoms with Crippen LogP contribution in [0.1, 0.15) is 0 Å². The Morgan fingerprint density at radius 1 is 1.50 bits per heavy atom. The molecule has 0 aromatic carbocycles. The number of nitrogens with zero attached hydrogens (tertiary/aromatic N) is 2. The van der Waals surface area contributed by atoms with E-state index < -0.39 is 0 Å². The summed E-state index contributed by atoms with van der Waals surface area (Å²) in [7, 11) is 1.81. The highest BCUT2D eigenvalue weighted by molar-refractivity contribution is 7.71. The molecule has 0 bridgehead atoms. The summed E-state index contributed by atoms with van der Waals surface area (Å²) in [6, 6.07) is 1.45. The third-order valence-corrected chi connectivity index (χ3v) is 1.98. The van der Waals surface area contributed by atoms with E-state index in [-0.39, 0.29) is 5.56 Å². The number of H-pyrrole nitrogens is 2. The van der Waals surface area contributed by atoms with Crippen LogP contribution in [0.25, 0.3) is 11.3 Å². The minimum atomic E-state index is -0.215. The van der Waals surface area contributed by atoms with Crippen molar-refractivity contribution in [2.45, 2.75) is 0 Å². The van der Waals surface area contributed by atoms with E-state index in [4.69, 9.17) is 12.2 Å². The van der Waals surface area contributed by atoms with E-state index in [0.717, 1.165) is 5.56 Å². The zero-order valence-corrected chi connectivity index (χ0v) is 8.26. The highest BCUT2D eigenvalue weighted by Crippen LogP contribution is 2.12. The highest BCUT2D eigenvalue weighted by atomic mass is 32.1. The van der Waals surface area contributed by atoms with Gasteiger partial charge in [0.2, 0.25) is 0 Å². The van der Waals surface area contributed by atoms with Crippen LogP contribution < -0.4 is 5.56 Å².